The lowest BCUT2D eigenvalue weighted by atomic mass is 10.1. The van der Waals surface area contributed by atoms with E-state index in [1.807, 2.05) is 12.1 Å². The van der Waals surface area contributed by atoms with Gasteiger partial charge in [-0.1, -0.05) is 18.2 Å². The first-order chi connectivity index (χ1) is 6.33. The average Bonchev–Trinajstić information content (AvgIpc) is 2.50. The van der Waals surface area contributed by atoms with Gasteiger partial charge in [0.2, 0.25) is 0 Å². The van der Waals surface area contributed by atoms with Crippen molar-refractivity contribution in [2.24, 2.45) is 0 Å². The predicted molar refractivity (Wildman–Crippen MR) is 56.3 cm³/mol. The molecule has 0 unspecified atom stereocenters. The SMILES string of the molecule is Cc1csc2c(CC=O)cccc12. The molecule has 1 aromatic carbocycles. The lowest BCUT2D eigenvalue weighted by Crippen LogP contribution is -1.84. The number of carbonyl (C=O) groups is 1. The Morgan fingerprint density at radius 1 is 1.46 bits per heavy atom. The fraction of sp³-hybridized carbons (Fsp3) is 0.182. The van der Waals surface area contributed by atoms with Gasteiger partial charge in [0.25, 0.3) is 0 Å². The summed E-state index contributed by atoms with van der Waals surface area (Å²) in [5.41, 5.74) is 2.44. The van der Waals surface area contributed by atoms with Crippen LogP contribution in [-0.2, 0) is 11.2 Å². The number of thiophene rings is 1. The van der Waals surface area contributed by atoms with Crippen molar-refractivity contribution in [3.63, 3.8) is 0 Å². The highest BCUT2D eigenvalue weighted by molar-refractivity contribution is 7.17. The summed E-state index contributed by atoms with van der Waals surface area (Å²) in [4.78, 5) is 10.4. The quantitative estimate of drug-likeness (QED) is 0.665. The molecule has 0 fully saturated rings. The molecule has 0 N–H and O–H groups in total. The number of rotatable bonds is 2. The first-order valence-corrected chi connectivity index (χ1v) is 5.10. The number of aldehydes is 1. The Bertz CT molecular complexity index is 442. The number of hydrogen-bond donors (Lipinski definition) is 0. The van der Waals surface area contributed by atoms with Crippen LogP contribution in [0.25, 0.3) is 10.1 Å². The Morgan fingerprint density at radius 3 is 3.08 bits per heavy atom. The van der Waals surface area contributed by atoms with Crippen molar-refractivity contribution in [2.75, 3.05) is 0 Å². The molecule has 0 aliphatic heterocycles. The highest BCUT2D eigenvalue weighted by atomic mass is 32.1. The van der Waals surface area contributed by atoms with Crippen LogP contribution in [0, 0.1) is 6.92 Å². The minimum atomic E-state index is 0.525. The van der Waals surface area contributed by atoms with Crippen LogP contribution in [0.3, 0.4) is 0 Å². The minimum absolute atomic E-state index is 0.525. The summed E-state index contributed by atoms with van der Waals surface area (Å²) in [6.07, 6.45) is 1.49. The number of fused-ring (bicyclic) bond motifs is 1. The molecular formula is C11H10OS. The second kappa shape index (κ2) is 3.30. The molecule has 0 saturated heterocycles. The van der Waals surface area contributed by atoms with E-state index in [9.17, 15) is 4.79 Å². The maximum atomic E-state index is 10.4. The second-order valence-corrected chi connectivity index (χ2v) is 3.96. The van der Waals surface area contributed by atoms with E-state index in [4.69, 9.17) is 0 Å². The van der Waals surface area contributed by atoms with Gasteiger partial charge in [-0.25, -0.2) is 0 Å². The molecule has 1 heterocycles. The molecular weight excluding hydrogens is 180 g/mol. The standard InChI is InChI=1S/C11H10OS/c1-8-7-13-11-9(5-6-12)3-2-4-10(8)11/h2-4,6-7H,5H2,1H3. The molecule has 0 aliphatic rings. The van der Waals surface area contributed by atoms with Gasteiger partial charge in [-0.2, -0.15) is 0 Å². The number of hydrogen-bond acceptors (Lipinski definition) is 2. The van der Waals surface area contributed by atoms with Gasteiger partial charge in [0.1, 0.15) is 6.29 Å². The van der Waals surface area contributed by atoms with Crippen molar-refractivity contribution in [2.45, 2.75) is 13.3 Å². The molecule has 0 spiro atoms. The zero-order valence-electron chi connectivity index (χ0n) is 7.41. The predicted octanol–water partition coefficient (Wildman–Crippen LogP) is 2.95. The summed E-state index contributed by atoms with van der Waals surface area (Å²) in [5, 5.41) is 3.42. The lowest BCUT2D eigenvalue weighted by Gasteiger charge is -1.97. The van der Waals surface area contributed by atoms with Crippen molar-refractivity contribution in [1.82, 2.24) is 0 Å². The third kappa shape index (κ3) is 1.38. The number of benzene rings is 1. The first kappa shape index (κ1) is 8.45. The molecule has 2 rings (SSSR count). The Morgan fingerprint density at radius 2 is 2.31 bits per heavy atom. The highest BCUT2D eigenvalue weighted by Gasteiger charge is 2.03. The molecule has 13 heavy (non-hydrogen) atoms. The van der Waals surface area contributed by atoms with Crippen LogP contribution in [0.4, 0.5) is 0 Å². The van der Waals surface area contributed by atoms with Gasteiger partial charge in [-0.15, -0.1) is 11.3 Å². The van der Waals surface area contributed by atoms with Gasteiger partial charge >= 0.3 is 0 Å². The third-order valence-electron chi connectivity index (χ3n) is 2.18. The average molecular weight is 190 g/mol. The van der Waals surface area contributed by atoms with Crippen LogP contribution in [0.2, 0.25) is 0 Å². The molecule has 0 saturated carbocycles. The van der Waals surface area contributed by atoms with Crippen LogP contribution < -0.4 is 0 Å². The van der Waals surface area contributed by atoms with Gasteiger partial charge in [0, 0.05) is 11.1 Å². The van der Waals surface area contributed by atoms with Crippen LogP contribution >= 0.6 is 11.3 Å². The second-order valence-electron chi connectivity index (χ2n) is 3.08. The van der Waals surface area contributed by atoms with E-state index in [0.29, 0.717) is 6.42 Å². The van der Waals surface area contributed by atoms with Crippen LogP contribution in [-0.4, -0.2) is 6.29 Å². The van der Waals surface area contributed by atoms with Crippen molar-refractivity contribution in [1.29, 1.82) is 0 Å². The first-order valence-electron chi connectivity index (χ1n) is 4.22. The molecule has 66 valence electrons. The fourth-order valence-electron chi connectivity index (χ4n) is 1.50. The van der Waals surface area contributed by atoms with E-state index >= 15 is 0 Å². The van der Waals surface area contributed by atoms with Gasteiger partial charge in [-0.3, -0.25) is 0 Å². The van der Waals surface area contributed by atoms with E-state index in [2.05, 4.69) is 18.4 Å². The molecule has 1 aromatic heterocycles. The largest absolute Gasteiger partial charge is 0.303 e. The monoisotopic (exact) mass is 190 g/mol. The van der Waals surface area contributed by atoms with Gasteiger partial charge < -0.3 is 4.79 Å². The molecule has 0 aliphatic carbocycles. The van der Waals surface area contributed by atoms with Crippen LogP contribution in [0.15, 0.2) is 23.6 Å². The van der Waals surface area contributed by atoms with Crippen LogP contribution in [0.1, 0.15) is 11.1 Å². The molecule has 0 radical (unpaired) electrons. The van der Waals surface area contributed by atoms with E-state index in [0.717, 1.165) is 11.8 Å². The number of carbonyl (C=O) groups excluding carboxylic acids is 1. The van der Waals surface area contributed by atoms with E-state index in [1.165, 1.54) is 15.6 Å². The minimum Gasteiger partial charge on any atom is -0.303 e. The molecule has 2 aromatic rings. The summed E-state index contributed by atoms with van der Waals surface area (Å²) in [5.74, 6) is 0. The summed E-state index contributed by atoms with van der Waals surface area (Å²) in [7, 11) is 0. The topological polar surface area (TPSA) is 17.1 Å². The van der Waals surface area contributed by atoms with Crippen molar-refractivity contribution >= 4 is 27.7 Å². The van der Waals surface area contributed by atoms with Crippen LogP contribution in [0.5, 0.6) is 0 Å². The Balaban J connectivity index is 2.69. The Hall–Kier alpha value is -1.15. The Labute approximate surface area is 81.0 Å². The smallest absolute Gasteiger partial charge is 0.124 e. The van der Waals surface area contributed by atoms with Crippen molar-refractivity contribution < 1.29 is 4.79 Å². The Kier molecular flexibility index (Phi) is 2.15. The molecule has 1 nitrogen and oxygen atoms in total. The summed E-state index contributed by atoms with van der Waals surface area (Å²) in [6, 6.07) is 6.14. The zero-order chi connectivity index (χ0) is 9.26. The molecule has 2 heteroatoms. The summed E-state index contributed by atoms with van der Waals surface area (Å²) >= 11 is 1.72. The normalized spacial score (nSPS) is 10.5. The van der Waals surface area contributed by atoms with Gasteiger partial charge in [0.15, 0.2) is 0 Å². The maximum absolute atomic E-state index is 10.4. The maximum Gasteiger partial charge on any atom is 0.124 e. The van der Waals surface area contributed by atoms with Gasteiger partial charge in [-0.05, 0) is 28.8 Å². The van der Waals surface area contributed by atoms with E-state index < -0.39 is 0 Å². The third-order valence-corrected chi connectivity index (χ3v) is 3.37. The zero-order valence-corrected chi connectivity index (χ0v) is 8.23. The van der Waals surface area contributed by atoms with Crippen molar-refractivity contribution in [3.8, 4) is 0 Å². The van der Waals surface area contributed by atoms with Gasteiger partial charge in [0.05, 0.1) is 0 Å². The fourth-order valence-corrected chi connectivity index (χ4v) is 2.58. The highest BCUT2D eigenvalue weighted by Crippen LogP contribution is 2.28. The molecule has 0 amide bonds. The summed E-state index contributed by atoms with van der Waals surface area (Å²) < 4.78 is 1.26. The molecule has 0 bridgehead atoms. The van der Waals surface area contributed by atoms with Crippen molar-refractivity contribution in [3.05, 3.63) is 34.7 Å². The lowest BCUT2D eigenvalue weighted by molar-refractivity contribution is -0.107. The van der Waals surface area contributed by atoms with E-state index in [1.54, 1.807) is 11.3 Å². The molecule has 0 atom stereocenters. The summed E-state index contributed by atoms with van der Waals surface area (Å²) in [6.45, 7) is 2.10. The number of aryl methyl sites for hydroxylation is 1. The van der Waals surface area contributed by atoms with E-state index in [-0.39, 0.29) is 0 Å².